The summed E-state index contributed by atoms with van der Waals surface area (Å²) in [6.45, 7) is 0. The van der Waals surface area contributed by atoms with E-state index in [1.807, 2.05) is 6.07 Å². The van der Waals surface area contributed by atoms with Crippen LogP contribution in [-0.4, -0.2) is 6.29 Å². The zero-order chi connectivity index (χ0) is 13.0. The van der Waals surface area contributed by atoms with E-state index in [0.717, 1.165) is 11.8 Å². The minimum atomic E-state index is -0.421. The lowest BCUT2D eigenvalue weighted by molar-refractivity contribution is -0.109. The standard InChI is InChI=1S/C15H12ClFO/c16-14-7-3-2-6-13(14)12(10-18)9-11-5-1-4-8-15(11)17/h1-8,10,12H,9H2. The summed E-state index contributed by atoms with van der Waals surface area (Å²) in [6, 6.07) is 13.6. The molecule has 2 aromatic rings. The maximum absolute atomic E-state index is 13.6. The summed E-state index contributed by atoms with van der Waals surface area (Å²) in [5, 5.41) is 0.533. The maximum atomic E-state index is 13.6. The smallest absolute Gasteiger partial charge is 0.127 e. The molecule has 0 aromatic heterocycles. The lowest BCUT2D eigenvalue weighted by Crippen LogP contribution is -2.06. The molecule has 0 bridgehead atoms. The molecule has 3 heteroatoms. The van der Waals surface area contributed by atoms with Gasteiger partial charge in [-0.2, -0.15) is 0 Å². The molecule has 0 amide bonds. The van der Waals surface area contributed by atoms with Crippen molar-refractivity contribution in [2.24, 2.45) is 0 Å². The van der Waals surface area contributed by atoms with Crippen molar-refractivity contribution in [2.45, 2.75) is 12.3 Å². The van der Waals surface area contributed by atoms with Crippen LogP contribution in [0.15, 0.2) is 48.5 Å². The predicted molar refractivity (Wildman–Crippen MR) is 70.4 cm³/mol. The first-order valence-corrected chi connectivity index (χ1v) is 6.03. The van der Waals surface area contributed by atoms with Gasteiger partial charge in [0.05, 0.1) is 0 Å². The van der Waals surface area contributed by atoms with Crippen LogP contribution in [0.5, 0.6) is 0 Å². The Balaban J connectivity index is 2.29. The van der Waals surface area contributed by atoms with Crippen LogP contribution in [0.4, 0.5) is 4.39 Å². The topological polar surface area (TPSA) is 17.1 Å². The van der Waals surface area contributed by atoms with Crippen molar-refractivity contribution in [1.82, 2.24) is 0 Å². The summed E-state index contributed by atoms with van der Waals surface area (Å²) >= 11 is 6.05. The number of hydrogen-bond donors (Lipinski definition) is 0. The van der Waals surface area contributed by atoms with Crippen molar-refractivity contribution in [3.63, 3.8) is 0 Å². The number of carbonyl (C=O) groups is 1. The number of carbonyl (C=O) groups excluding carboxylic acids is 1. The Kier molecular flexibility index (Phi) is 4.11. The van der Waals surface area contributed by atoms with Gasteiger partial charge >= 0.3 is 0 Å². The van der Waals surface area contributed by atoms with E-state index in [1.54, 1.807) is 36.4 Å². The molecule has 18 heavy (non-hydrogen) atoms. The third-order valence-electron chi connectivity index (χ3n) is 2.87. The van der Waals surface area contributed by atoms with Crippen LogP contribution in [0.25, 0.3) is 0 Å². The first-order chi connectivity index (χ1) is 8.72. The van der Waals surface area contributed by atoms with E-state index >= 15 is 0 Å². The molecule has 0 radical (unpaired) electrons. The molecule has 1 unspecified atom stereocenters. The minimum absolute atomic E-state index is 0.295. The molecule has 92 valence electrons. The molecule has 2 aromatic carbocycles. The first-order valence-electron chi connectivity index (χ1n) is 5.65. The Morgan fingerprint density at radius 2 is 1.78 bits per heavy atom. The van der Waals surface area contributed by atoms with E-state index in [-0.39, 0.29) is 5.82 Å². The van der Waals surface area contributed by atoms with Gasteiger partial charge in [-0.15, -0.1) is 0 Å². The Bertz CT molecular complexity index is 554. The highest BCUT2D eigenvalue weighted by molar-refractivity contribution is 6.31. The highest BCUT2D eigenvalue weighted by atomic mass is 35.5. The van der Waals surface area contributed by atoms with Crippen LogP contribution in [-0.2, 0) is 11.2 Å². The second-order valence-electron chi connectivity index (χ2n) is 4.06. The highest BCUT2D eigenvalue weighted by Gasteiger charge is 2.15. The summed E-state index contributed by atoms with van der Waals surface area (Å²) in [4.78, 5) is 11.2. The average Bonchev–Trinajstić information content (AvgIpc) is 2.39. The van der Waals surface area contributed by atoms with Gasteiger partial charge in [0.15, 0.2) is 0 Å². The molecular weight excluding hydrogens is 251 g/mol. The molecular formula is C15H12ClFO. The number of aldehydes is 1. The highest BCUT2D eigenvalue weighted by Crippen LogP contribution is 2.26. The van der Waals surface area contributed by atoms with Crippen LogP contribution < -0.4 is 0 Å². The monoisotopic (exact) mass is 262 g/mol. The third-order valence-corrected chi connectivity index (χ3v) is 3.21. The molecule has 0 heterocycles. The van der Waals surface area contributed by atoms with Crippen molar-refractivity contribution < 1.29 is 9.18 Å². The number of hydrogen-bond acceptors (Lipinski definition) is 1. The Labute approximate surface area is 110 Å². The van der Waals surface area contributed by atoms with Gasteiger partial charge in [0.1, 0.15) is 12.1 Å². The van der Waals surface area contributed by atoms with Crippen LogP contribution in [0, 0.1) is 5.82 Å². The SMILES string of the molecule is O=CC(Cc1ccccc1F)c1ccccc1Cl. The molecule has 2 rings (SSSR count). The molecule has 1 nitrogen and oxygen atoms in total. The molecule has 0 saturated heterocycles. The van der Waals surface area contributed by atoms with E-state index in [2.05, 4.69) is 0 Å². The molecule has 0 saturated carbocycles. The fraction of sp³-hybridized carbons (Fsp3) is 0.133. The van der Waals surface area contributed by atoms with Crippen LogP contribution in [0.1, 0.15) is 17.0 Å². The van der Waals surface area contributed by atoms with Crippen LogP contribution >= 0.6 is 11.6 Å². The predicted octanol–water partition coefficient (Wildman–Crippen LogP) is 4.00. The van der Waals surface area contributed by atoms with Gasteiger partial charge in [0.25, 0.3) is 0 Å². The number of rotatable bonds is 4. The second-order valence-corrected chi connectivity index (χ2v) is 4.47. The Hall–Kier alpha value is -1.67. The van der Waals surface area contributed by atoms with E-state index < -0.39 is 5.92 Å². The first kappa shape index (κ1) is 12.8. The molecule has 0 aliphatic heterocycles. The van der Waals surface area contributed by atoms with Gasteiger partial charge in [-0.05, 0) is 29.7 Å². The summed E-state index contributed by atoms with van der Waals surface area (Å²) in [5.74, 6) is -0.716. The van der Waals surface area contributed by atoms with Gasteiger partial charge in [0.2, 0.25) is 0 Å². The van der Waals surface area contributed by atoms with Crippen molar-refractivity contribution in [1.29, 1.82) is 0 Å². The van der Waals surface area contributed by atoms with E-state index in [0.29, 0.717) is 17.0 Å². The summed E-state index contributed by atoms with van der Waals surface area (Å²) < 4.78 is 13.6. The lowest BCUT2D eigenvalue weighted by atomic mass is 9.93. The summed E-state index contributed by atoms with van der Waals surface area (Å²) in [6.07, 6.45) is 1.13. The maximum Gasteiger partial charge on any atom is 0.127 e. The van der Waals surface area contributed by atoms with Gasteiger partial charge < -0.3 is 4.79 Å². The largest absolute Gasteiger partial charge is 0.303 e. The van der Waals surface area contributed by atoms with Crippen molar-refractivity contribution in [3.8, 4) is 0 Å². The Morgan fingerprint density at radius 3 is 2.44 bits per heavy atom. The third kappa shape index (κ3) is 2.77. The molecule has 0 fully saturated rings. The number of benzene rings is 2. The van der Waals surface area contributed by atoms with Gasteiger partial charge in [-0.25, -0.2) is 4.39 Å². The van der Waals surface area contributed by atoms with Crippen LogP contribution in [0.2, 0.25) is 5.02 Å². The molecule has 1 atom stereocenters. The van der Waals surface area contributed by atoms with E-state index in [9.17, 15) is 9.18 Å². The minimum Gasteiger partial charge on any atom is -0.303 e. The zero-order valence-corrected chi connectivity index (χ0v) is 10.4. The van der Waals surface area contributed by atoms with Gasteiger partial charge in [0, 0.05) is 10.9 Å². The second kappa shape index (κ2) is 5.78. The van der Waals surface area contributed by atoms with E-state index in [1.165, 1.54) is 6.07 Å². The molecule has 0 N–H and O–H groups in total. The summed E-state index contributed by atoms with van der Waals surface area (Å²) in [5.41, 5.74) is 1.26. The average molecular weight is 263 g/mol. The van der Waals surface area contributed by atoms with Crippen molar-refractivity contribution >= 4 is 17.9 Å². The van der Waals surface area contributed by atoms with Crippen LogP contribution in [0.3, 0.4) is 0 Å². The lowest BCUT2D eigenvalue weighted by Gasteiger charge is -2.12. The fourth-order valence-electron chi connectivity index (χ4n) is 1.91. The zero-order valence-electron chi connectivity index (χ0n) is 9.64. The quantitative estimate of drug-likeness (QED) is 0.761. The molecule has 0 aliphatic rings. The van der Waals surface area contributed by atoms with Crippen molar-refractivity contribution in [3.05, 3.63) is 70.5 Å². The van der Waals surface area contributed by atoms with E-state index in [4.69, 9.17) is 11.6 Å². The van der Waals surface area contributed by atoms with Gasteiger partial charge in [-0.3, -0.25) is 0 Å². The fourth-order valence-corrected chi connectivity index (χ4v) is 2.18. The Morgan fingerprint density at radius 1 is 1.11 bits per heavy atom. The molecule has 0 aliphatic carbocycles. The number of halogens is 2. The van der Waals surface area contributed by atoms with Crippen molar-refractivity contribution in [2.75, 3.05) is 0 Å². The van der Waals surface area contributed by atoms with Gasteiger partial charge in [-0.1, -0.05) is 48.0 Å². The normalized spacial score (nSPS) is 12.1. The molecule has 0 spiro atoms. The summed E-state index contributed by atoms with van der Waals surface area (Å²) in [7, 11) is 0.